The first kappa shape index (κ1) is 21.3. The summed E-state index contributed by atoms with van der Waals surface area (Å²) in [7, 11) is 8.26. The van der Waals surface area contributed by atoms with Gasteiger partial charge in [-0.05, 0) is 60.1 Å². The summed E-state index contributed by atoms with van der Waals surface area (Å²) in [6.45, 7) is 6.29. The zero-order valence-electron chi connectivity index (χ0n) is 17.9. The third kappa shape index (κ3) is 6.28. The zero-order valence-corrected chi connectivity index (χ0v) is 17.9. The molecular weight excluding hydrogens is 334 g/mol. The average Bonchev–Trinajstić information content (AvgIpc) is 2.66. The van der Waals surface area contributed by atoms with E-state index in [0.29, 0.717) is 11.8 Å². The van der Waals surface area contributed by atoms with Gasteiger partial charge in [0.25, 0.3) is 0 Å². The second-order valence-corrected chi connectivity index (χ2v) is 8.23. The number of hydrogen-bond donors (Lipinski definition) is 0. The molecule has 0 aromatic heterocycles. The third-order valence-corrected chi connectivity index (χ3v) is 5.25. The number of likely N-dealkylation sites (N-methyl/N-ethyl adjacent to an activating group) is 1. The van der Waals surface area contributed by atoms with Crippen molar-refractivity contribution in [1.82, 2.24) is 0 Å². The zero-order chi connectivity index (χ0) is 19.9. The summed E-state index contributed by atoms with van der Waals surface area (Å²) in [5, 5.41) is 0. The predicted octanol–water partition coefficient (Wildman–Crippen LogP) is 5.47. The van der Waals surface area contributed by atoms with Crippen LogP contribution in [-0.4, -0.2) is 45.9 Å². The molecule has 0 spiro atoms. The maximum atomic E-state index is 5.92. The van der Waals surface area contributed by atoms with E-state index >= 15 is 0 Å². The van der Waals surface area contributed by atoms with E-state index in [1.165, 1.54) is 11.1 Å². The predicted molar refractivity (Wildman–Crippen MR) is 114 cm³/mol. The number of ether oxygens (including phenoxy) is 2. The first-order chi connectivity index (χ1) is 12.9. The van der Waals surface area contributed by atoms with E-state index < -0.39 is 0 Å². The highest BCUT2D eigenvalue weighted by Crippen LogP contribution is 2.38. The summed E-state index contributed by atoms with van der Waals surface area (Å²) in [4.78, 5) is 0. The van der Waals surface area contributed by atoms with Crippen molar-refractivity contribution in [2.24, 2.45) is 0 Å². The van der Waals surface area contributed by atoms with E-state index in [1.807, 2.05) is 0 Å². The number of nitrogens with zero attached hydrogens (tertiary/aromatic N) is 1. The van der Waals surface area contributed by atoms with E-state index in [1.54, 1.807) is 7.11 Å². The standard InChI is InChI=1S/C24H36NO2/c1-7-23(19-9-13-21(26-6)14-10-19)24(8-2)20-11-15-22(16-12-20)27-18-17-25(3,4)5/h9-16,23-24H,7-8,17-18H2,1-6H3/q+1/t23-,24-/m0/s1. The minimum absolute atomic E-state index is 0.503. The van der Waals surface area contributed by atoms with Gasteiger partial charge in [0.15, 0.2) is 0 Å². The summed E-state index contributed by atoms with van der Waals surface area (Å²) in [6, 6.07) is 17.3. The lowest BCUT2D eigenvalue weighted by atomic mass is 9.78. The van der Waals surface area contributed by atoms with Crippen molar-refractivity contribution >= 4 is 0 Å². The van der Waals surface area contributed by atoms with Crippen LogP contribution in [0, 0.1) is 0 Å². The van der Waals surface area contributed by atoms with Gasteiger partial charge in [-0.15, -0.1) is 0 Å². The van der Waals surface area contributed by atoms with Gasteiger partial charge in [0.05, 0.1) is 28.3 Å². The highest BCUT2D eigenvalue weighted by atomic mass is 16.5. The van der Waals surface area contributed by atoms with Crippen molar-refractivity contribution < 1.29 is 14.0 Å². The molecule has 0 radical (unpaired) electrons. The van der Waals surface area contributed by atoms with Gasteiger partial charge in [-0.3, -0.25) is 0 Å². The monoisotopic (exact) mass is 370 g/mol. The van der Waals surface area contributed by atoms with Crippen molar-refractivity contribution in [3.05, 3.63) is 59.7 Å². The summed E-state index contributed by atoms with van der Waals surface area (Å²) in [5.74, 6) is 2.88. The third-order valence-electron chi connectivity index (χ3n) is 5.25. The summed E-state index contributed by atoms with van der Waals surface area (Å²) in [6.07, 6.45) is 2.23. The van der Waals surface area contributed by atoms with Gasteiger partial charge in [0, 0.05) is 0 Å². The molecule has 2 rings (SSSR count). The Morgan fingerprint density at radius 3 is 1.56 bits per heavy atom. The topological polar surface area (TPSA) is 18.5 Å². The van der Waals surface area contributed by atoms with Crippen LogP contribution in [0.5, 0.6) is 11.5 Å². The Morgan fingerprint density at radius 2 is 1.19 bits per heavy atom. The molecule has 2 aromatic rings. The van der Waals surface area contributed by atoms with E-state index in [4.69, 9.17) is 9.47 Å². The molecule has 0 saturated carbocycles. The van der Waals surface area contributed by atoms with Crippen LogP contribution in [0.1, 0.15) is 49.7 Å². The molecule has 3 nitrogen and oxygen atoms in total. The minimum Gasteiger partial charge on any atom is -0.497 e. The lowest BCUT2D eigenvalue weighted by Gasteiger charge is -2.27. The Hall–Kier alpha value is -2.00. The largest absolute Gasteiger partial charge is 0.497 e. The molecule has 0 fully saturated rings. The highest BCUT2D eigenvalue weighted by molar-refractivity contribution is 5.35. The molecule has 0 saturated heterocycles. The van der Waals surface area contributed by atoms with Crippen LogP contribution in [0.4, 0.5) is 0 Å². The molecule has 0 bridgehead atoms. The molecule has 2 aromatic carbocycles. The van der Waals surface area contributed by atoms with Crippen LogP contribution < -0.4 is 9.47 Å². The smallest absolute Gasteiger partial charge is 0.137 e. The average molecular weight is 371 g/mol. The van der Waals surface area contributed by atoms with Crippen LogP contribution in [0.3, 0.4) is 0 Å². The number of benzene rings is 2. The van der Waals surface area contributed by atoms with Crippen LogP contribution >= 0.6 is 0 Å². The molecule has 0 amide bonds. The van der Waals surface area contributed by atoms with Gasteiger partial charge in [-0.2, -0.15) is 0 Å². The van der Waals surface area contributed by atoms with E-state index in [2.05, 4.69) is 83.5 Å². The summed E-state index contributed by atoms with van der Waals surface area (Å²) in [5.41, 5.74) is 2.77. The van der Waals surface area contributed by atoms with Gasteiger partial charge in [0.1, 0.15) is 24.7 Å². The van der Waals surface area contributed by atoms with Crippen molar-refractivity contribution in [3.8, 4) is 11.5 Å². The molecule has 0 unspecified atom stereocenters. The Bertz CT molecular complexity index is 671. The fourth-order valence-electron chi connectivity index (χ4n) is 3.60. The molecule has 2 atom stereocenters. The second kappa shape index (κ2) is 9.80. The van der Waals surface area contributed by atoms with E-state index in [-0.39, 0.29) is 0 Å². The SMILES string of the molecule is CC[C@@H](c1ccc(OC)cc1)[C@@H](CC)c1ccc(OCC[N+](C)(C)C)cc1. The highest BCUT2D eigenvalue weighted by Gasteiger charge is 2.22. The first-order valence-electron chi connectivity index (χ1n) is 10.0. The normalized spacial score (nSPS) is 13.9. The number of methoxy groups -OCH3 is 1. The molecule has 0 aliphatic heterocycles. The van der Waals surface area contributed by atoms with Gasteiger partial charge in [-0.1, -0.05) is 38.1 Å². The molecular formula is C24H36NO2+. The van der Waals surface area contributed by atoms with Gasteiger partial charge in [0.2, 0.25) is 0 Å². The molecule has 148 valence electrons. The summed E-state index contributed by atoms with van der Waals surface area (Å²) >= 11 is 0. The maximum absolute atomic E-state index is 5.92. The molecule has 0 heterocycles. The van der Waals surface area contributed by atoms with Crippen LogP contribution in [0.25, 0.3) is 0 Å². The van der Waals surface area contributed by atoms with E-state index in [0.717, 1.165) is 42.0 Å². The molecule has 0 aliphatic carbocycles. The lowest BCUT2D eigenvalue weighted by Crippen LogP contribution is -2.38. The molecule has 0 aliphatic rings. The van der Waals surface area contributed by atoms with Gasteiger partial charge >= 0.3 is 0 Å². The Labute approximate surface area is 165 Å². The Morgan fingerprint density at radius 1 is 0.741 bits per heavy atom. The van der Waals surface area contributed by atoms with Crippen molar-refractivity contribution in [3.63, 3.8) is 0 Å². The van der Waals surface area contributed by atoms with Crippen molar-refractivity contribution in [2.45, 2.75) is 38.5 Å². The van der Waals surface area contributed by atoms with Crippen LogP contribution in [0.2, 0.25) is 0 Å². The number of hydrogen-bond acceptors (Lipinski definition) is 2. The second-order valence-electron chi connectivity index (χ2n) is 8.23. The minimum atomic E-state index is 0.503. The summed E-state index contributed by atoms with van der Waals surface area (Å²) < 4.78 is 12.1. The van der Waals surface area contributed by atoms with Crippen LogP contribution in [-0.2, 0) is 0 Å². The lowest BCUT2D eigenvalue weighted by molar-refractivity contribution is -0.870. The molecule has 0 N–H and O–H groups in total. The molecule has 27 heavy (non-hydrogen) atoms. The Balaban J connectivity index is 2.10. The van der Waals surface area contributed by atoms with Crippen molar-refractivity contribution in [2.75, 3.05) is 41.4 Å². The first-order valence-corrected chi connectivity index (χ1v) is 10.0. The Kier molecular flexibility index (Phi) is 7.73. The fourth-order valence-corrected chi connectivity index (χ4v) is 3.60. The number of rotatable bonds is 10. The fraction of sp³-hybridized carbons (Fsp3) is 0.500. The van der Waals surface area contributed by atoms with Gasteiger partial charge in [-0.25, -0.2) is 0 Å². The number of quaternary nitrogens is 1. The van der Waals surface area contributed by atoms with E-state index in [9.17, 15) is 0 Å². The maximum Gasteiger partial charge on any atom is 0.137 e. The van der Waals surface area contributed by atoms with Gasteiger partial charge < -0.3 is 14.0 Å². The molecule has 3 heteroatoms. The van der Waals surface area contributed by atoms with Crippen LogP contribution in [0.15, 0.2) is 48.5 Å². The quantitative estimate of drug-likeness (QED) is 0.517. The van der Waals surface area contributed by atoms with Crippen molar-refractivity contribution in [1.29, 1.82) is 0 Å².